The van der Waals surface area contributed by atoms with Crippen LogP contribution >= 0.6 is 0 Å². The van der Waals surface area contributed by atoms with Crippen LogP contribution in [0.3, 0.4) is 0 Å². The highest BCUT2D eigenvalue weighted by Crippen LogP contribution is 2.29. The Kier molecular flexibility index (Phi) is 5.13. The number of benzene rings is 2. The van der Waals surface area contributed by atoms with Crippen molar-refractivity contribution in [1.82, 2.24) is 14.6 Å². The summed E-state index contributed by atoms with van der Waals surface area (Å²) in [6.07, 6.45) is 1.69. The van der Waals surface area contributed by atoms with Gasteiger partial charge in [0.1, 0.15) is 11.6 Å². The second kappa shape index (κ2) is 8.23. The predicted molar refractivity (Wildman–Crippen MR) is 118 cm³/mol. The lowest BCUT2D eigenvalue weighted by Crippen LogP contribution is -2.36. The van der Waals surface area contributed by atoms with E-state index >= 15 is 0 Å². The van der Waals surface area contributed by atoms with Gasteiger partial charge in [0.2, 0.25) is 0 Å². The number of aromatic nitrogens is 3. The molecule has 1 aliphatic rings. The molecule has 4 aromatic rings. The van der Waals surface area contributed by atoms with E-state index in [1.54, 1.807) is 23.9 Å². The molecular weight excluding hydrogens is 397 g/mol. The SMILES string of the molecule is COc1ccccc1-c1ccc2ncc(Nc3cc(F)cc(N4CCOCC4)c3)n2n1. The molecule has 0 aliphatic carbocycles. The highest BCUT2D eigenvalue weighted by molar-refractivity contribution is 5.69. The molecule has 2 aromatic heterocycles. The Morgan fingerprint density at radius 2 is 1.90 bits per heavy atom. The van der Waals surface area contributed by atoms with Crippen LogP contribution in [0.1, 0.15) is 0 Å². The van der Waals surface area contributed by atoms with Crippen LogP contribution in [0.5, 0.6) is 5.75 Å². The molecule has 158 valence electrons. The van der Waals surface area contributed by atoms with Crippen LogP contribution in [0.25, 0.3) is 16.9 Å². The Labute approximate surface area is 179 Å². The number of imidazole rings is 1. The fraction of sp³-hybridized carbons (Fsp3) is 0.217. The summed E-state index contributed by atoms with van der Waals surface area (Å²) in [5, 5.41) is 8.00. The molecule has 1 aliphatic heterocycles. The standard InChI is InChI=1S/C23H22FN5O2/c1-30-21-5-3-2-4-19(21)20-6-7-22-25-15-23(29(22)27-20)26-17-12-16(24)13-18(14-17)28-8-10-31-11-9-28/h2-7,12-15,26H,8-11H2,1H3. The smallest absolute Gasteiger partial charge is 0.155 e. The summed E-state index contributed by atoms with van der Waals surface area (Å²) < 4.78 is 26.9. The number of fused-ring (bicyclic) bond motifs is 1. The van der Waals surface area contributed by atoms with Crippen molar-refractivity contribution in [3.05, 3.63) is 66.6 Å². The first kappa shape index (κ1) is 19.3. The zero-order valence-electron chi connectivity index (χ0n) is 17.1. The molecule has 0 bridgehead atoms. The van der Waals surface area contributed by atoms with Crippen molar-refractivity contribution in [2.24, 2.45) is 0 Å². The van der Waals surface area contributed by atoms with E-state index in [-0.39, 0.29) is 5.82 Å². The number of hydrogen-bond acceptors (Lipinski definition) is 6. The average Bonchev–Trinajstić information content (AvgIpc) is 3.21. The van der Waals surface area contributed by atoms with Crippen molar-refractivity contribution in [2.45, 2.75) is 0 Å². The molecule has 31 heavy (non-hydrogen) atoms. The summed E-state index contributed by atoms with van der Waals surface area (Å²) in [4.78, 5) is 6.53. The first-order valence-electron chi connectivity index (χ1n) is 10.1. The van der Waals surface area contributed by atoms with Gasteiger partial charge in [-0.05, 0) is 42.5 Å². The summed E-state index contributed by atoms with van der Waals surface area (Å²) >= 11 is 0. The summed E-state index contributed by atoms with van der Waals surface area (Å²) in [7, 11) is 1.64. The molecule has 0 unspecified atom stereocenters. The van der Waals surface area contributed by atoms with Crippen molar-refractivity contribution in [2.75, 3.05) is 43.6 Å². The van der Waals surface area contributed by atoms with Crippen LogP contribution in [-0.4, -0.2) is 48.0 Å². The van der Waals surface area contributed by atoms with Gasteiger partial charge in [0.05, 0.1) is 32.2 Å². The zero-order chi connectivity index (χ0) is 21.2. The number of halogens is 1. The molecule has 1 N–H and O–H groups in total. The van der Waals surface area contributed by atoms with Gasteiger partial charge in [-0.25, -0.2) is 9.37 Å². The maximum atomic E-state index is 14.3. The van der Waals surface area contributed by atoms with Gasteiger partial charge in [0.15, 0.2) is 11.5 Å². The van der Waals surface area contributed by atoms with Gasteiger partial charge in [0.25, 0.3) is 0 Å². The Balaban J connectivity index is 1.49. The third-order valence-corrected chi connectivity index (χ3v) is 5.28. The third kappa shape index (κ3) is 3.89. The van der Waals surface area contributed by atoms with Crippen molar-refractivity contribution in [1.29, 1.82) is 0 Å². The van der Waals surface area contributed by atoms with Crippen molar-refractivity contribution < 1.29 is 13.9 Å². The molecule has 8 heteroatoms. The van der Waals surface area contributed by atoms with Crippen LogP contribution in [0.2, 0.25) is 0 Å². The first-order valence-corrected chi connectivity index (χ1v) is 10.1. The molecule has 2 aromatic carbocycles. The number of nitrogens with zero attached hydrogens (tertiary/aromatic N) is 4. The van der Waals surface area contributed by atoms with Gasteiger partial charge in [-0.2, -0.15) is 9.61 Å². The zero-order valence-corrected chi connectivity index (χ0v) is 17.1. The number of para-hydroxylation sites is 1. The molecule has 0 amide bonds. The van der Waals surface area contributed by atoms with Gasteiger partial charge < -0.3 is 19.7 Å². The lowest BCUT2D eigenvalue weighted by atomic mass is 10.1. The molecule has 0 atom stereocenters. The van der Waals surface area contributed by atoms with Crippen LogP contribution < -0.4 is 15.0 Å². The quantitative estimate of drug-likeness (QED) is 0.525. The first-order chi connectivity index (χ1) is 15.2. The van der Waals surface area contributed by atoms with E-state index in [0.717, 1.165) is 35.8 Å². The van der Waals surface area contributed by atoms with Crippen LogP contribution in [0.15, 0.2) is 60.8 Å². The molecule has 7 nitrogen and oxygen atoms in total. The van der Waals surface area contributed by atoms with Gasteiger partial charge in [-0.3, -0.25) is 0 Å². The highest BCUT2D eigenvalue weighted by Gasteiger charge is 2.15. The van der Waals surface area contributed by atoms with E-state index < -0.39 is 0 Å². The molecule has 0 saturated carbocycles. The Morgan fingerprint density at radius 1 is 1.06 bits per heavy atom. The second-order valence-electron chi connectivity index (χ2n) is 7.25. The number of anilines is 3. The molecule has 0 radical (unpaired) electrons. The molecule has 3 heterocycles. The monoisotopic (exact) mass is 419 g/mol. The number of ether oxygens (including phenoxy) is 2. The normalized spacial score (nSPS) is 14.1. The largest absolute Gasteiger partial charge is 0.496 e. The molecule has 1 saturated heterocycles. The van der Waals surface area contributed by atoms with E-state index in [4.69, 9.17) is 14.6 Å². The topological polar surface area (TPSA) is 63.9 Å². The van der Waals surface area contributed by atoms with Gasteiger partial charge >= 0.3 is 0 Å². The summed E-state index contributed by atoms with van der Waals surface area (Å²) in [6.45, 7) is 2.76. The summed E-state index contributed by atoms with van der Waals surface area (Å²) in [5.74, 6) is 1.08. The van der Waals surface area contributed by atoms with Crippen molar-refractivity contribution >= 4 is 22.8 Å². The second-order valence-corrected chi connectivity index (χ2v) is 7.25. The minimum absolute atomic E-state index is 0.303. The lowest BCUT2D eigenvalue weighted by molar-refractivity contribution is 0.122. The minimum Gasteiger partial charge on any atom is -0.496 e. The maximum Gasteiger partial charge on any atom is 0.155 e. The molecule has 5 rings (SSSR count). The Morgan fingerprint density at radius 3 is 2.74 bits per heavy atom. The van der Waals surface area contributed by atoms with Crippen molar-refractivity contribution in [3.8, 4) is 17.0 Å². The molecular formula is C23H22FN5O2. The Bertz CT molecular complexity index is 1220. The van der Waals surface area contributed by atoms with E-state index in [1.807, 2.05) is 42.5 Å². The molecule has 1 fully saturated rings. The third-order valence-electron chi connectivity index (χ3n) is 5.28. The lowest BCUT2D eigenvalue weighted by Gasteiger charge is -2.29. The van der Waals surface area contributed by atoms with E-state index in [1.165, 1.54) is 6.07 Å². The van der Waals surface area contributed by atoms with Gasteiger partial charge in [-0.1, -0.05) is 12.1 Å². The fourth-order valence-corrected chi connectivity index (χ4v) is 3.76. The summed E-state index contributed by atoms with van der Waals surface area (Å²) in [5.41, 5.74) is 3.77. The van der Waals surface area contributed by atoms with Crippen LogP contribution in [-0.2, 0) is 4.74 Å². The minimum atomic E-state index is -0.303. The maximum absolute atomic E-state index is 14.3. The number of morpholine rings is 1. The van der Waals surface area contributed by atoms with Gasteiger partial charge in [0, 0.05) is 30.0 Å². The number of hydrogen-bond donors (Lipinski definition) is 1. The highest BCUT2D eigenvalue weighted by atomic mass is 19.1. The Hall–Kier alpha value is -3.65. The van der Waals surface area contributed by atoms with E-state index in [9.17, 15) is 4.39 Å². The van der Waals surface area contributed by atoms with Crippen molar-refractivity contribution in [3.63, 3.8) is 0 Å². The summed E-state index contributed by atoms with van der Waals surface area (Å²) in [6, 6.07) is 16.5. The van der Waals surface area contributed by atoms with E-state index in [2.05, 4.69) is 15.2 Å². The van der Waals surface area contributed by atoms with Crippen LogP contribution in [0, 0.1) is 5.82 Å². The van der Waals surface area contributed by atoms with E-state index in [0.29, 0.717) is 30.4 Å². The van der Waals surface area contributed by atoms with Crippen LogP contribution in [0.4, 0.5) is 21.6 Å². The number of methoxy groups -OCH3 is 1. The number of rotatable bonds is 5. The fourth-order valence-electron chi connectivity index (χ4n) is 3.76. The predicted octanol–water partition coefficient (Wildman–Crippen LogP) is 4.12. The average molecular weight is 419 g/mol. The molecule has 0 spiro atoms. The van der Waals surface area contributed by atoms with Gasteiger partial charge in [-0.15, -0.1) is 0 Å². The number of nitrogens with one attached hydrogen (secondary N) is 1.